The van der Waals surface area contributed by atoms with E-state index in [0.717, 1.165) is 0 Å². The summed E-state index contributed by atoms with van der Waals surface area (Å²) >= 11 is 0. The first kappa shape index (κ1) is 18.7. The lowest BCUT2D eigenvalue weighted by molar-refractivity contribution is -0.150. The molecular weight excluding hydrogens is 362 g/mol. The maximum absolute atomic E-state index is 12.8. The van der Waals surface area contributed by atoms with Crippen molar-refractivity contribution in [2.45, 2.75) is 37.2 Å². The van der Waals surface area contributed by atoms with E-state index in [1.54, 1.807) is 13.0 Å². The van der Waals surface area contributed by atoms with Crippen molar-refractivity contribution >= 4 is 22.0 Å². The molecule has 1 N–H and O–H groups in total. The lowest BCUT2D eigenvalue weighted by Crippen LogP contribution is -2.40. The number of esters is 1. The summed E-state index contributed by atoms with van der Waals surface area (Å²) < 4.78 is 37.4. The number of carbonyl (C=O) groups excluding carboxylic acids is 1. The van der Waals surface area contributed by atoms with E-state index in [2.05, 4.69) is 0 Å². The fourth-order valence-electron chi connectivity index (χ4n) is 3.24. The van der Waals surface area contributed by atoms with Crippen LogP contribution in [0.4, 0.5) is 0 Å². The zero-order valence-electron chi connectivity index (χ0n) is 14.4. The van der Waals surface area contributed by atoms with Crippen LogP contribution < -0.4 is 4.74 Å². The Kier molecular flexibility index (Phi) is 5.19. The molecule has 0 amide bonds. The first-order chi connectivity index (χ1) is 12.3. The molecule has 0 aliphatic carbocycles. The van der Waals surface area contributed by atoms with Crippen molar-refractivity contribution in [3.8, 4) is 5.75 Å². The number of hydrogen-bond donors (Lipinski definition) is 1. The van der Waals surface area contributed by atoms with E-state index in [1.165, 1.54) is 16.4 Å². The van der Waals surface area contributed by atoms with Gasteiger partial charge in [0.15, 0.2) is 6.10 Å². The van der Waals surface area contributed by atoms with Crippen LogP contribution in [0.2, 0.25) is 0 Å². The molecule has 0 aromatic heterocycles. The Hall–Kier alpha value is -2.13. The highest BCUT2D eigenvalue weighted by Gasteiger charge is 2.34. The van der Waals surface area contributed by atoms with Gasteiger partial charge in [-0.1, -0.05) is 0 Å². The van der Waals surface area contributed by atoms with Gasteiger partial charge < -0.3 is 14.6 Å². The Morgan fingerprint density at radius 1 is 1.31 bits per heavy atom. The largest absolute Gasteiger partial charge is 0.481 e. The van der Waals surface area contributed by atoms with E-state index in [0.29, 0.717) is 24.2 Å². The number of carboxylic acid groups (broad SMARTS) is 1. The van der Waals surface area contributed by atoms with Gasteiger partial charge in [-0.2, -0.15) is 4.31 Å². The molecule has 8 nitrogen and oxygen atoms in total. The highest BCUT2D eigenvalue weighted by molar-refractivity contribution is 7.89. The topological polar surface area (TPSA) is 110 Å². The van der Waals surface area contributed by atoms with E-state index in [4.69, 9.17) is 14.6 Å². The van der Waals surface area contributed by atoms with Crippen LogP contribution in [0.5, 0.6) is 5.75 Å². The molecule has 2 aliphatic heterocycles. The van der Waals surface area contributed by atoms with Crippen LogP contribution in [0, 0.1) is 5.92 Å². The second-order valence-electron chi connectivity index (χ2n) is 6.35. The van der Waals surface area contributed by atoms with Crippen molar-refractivity contribution in [3.63, 3.8) is 0 Å². The third-order valence-electron chi connectivity index (χ3n) is 4.70. The van der Waals surface area contributed by atoms with Gasteiger partial charge >= 0.3 is 11.9 Å². The normalized spacial score (nSPS) is 21.0. The van der Waals surface area contributed by atoms with Gasteiger partial charge in [-0.05, 0) is 43.5 Å². The SMILES string of the molecule is CCOC(=O)C1Cc2cc(S(=O)(=O)N3CCC(C(=O)O)CC3)ccc2O1. The third-order valence-corrected chi connectivity index (χ3v) is 6.59. The number of aliphatic carboxylic acids is 1. The van der Waals surface area contributed by atoms with Crippen LogP contribution in [0.1, 0.15) is 25.3 Å². The van der Waals surface area contributed by atoms with Gasteiger partial charge in [0, 0.05) is 19.5 Å². The summed E-state index contributed by atoms with van der Waals surface area (Å²) in [4.78, 5) is 23.0. The number of piperidine rings is 1. The zero-order chi connectivity index (χ0) is 18.9. The number of rotatable bonds is 5. The minimum absolute atomic E-state index is 0.123. The molecule has 1 saturated heterocycles. The van der Waals surface area contributed by atoms with E-state index in [9.17, 15) is 18.0 Å². The maximum Gasteiger partial charge on any atom is 0.347 e. The van der Waals surface area contributed by atoms with E-state index in [1.807, 2.05) is 0 Å². The number of nitrogens with zero attached hydrogens (tertiary/aromatic N) is 1. The van der Waals surface area contributed by atoms with Crippen LogP contribution in [0.3, 0.4) is 0 Å². The van der Waals surface area contributed by atoms with Crippen molar-refractivity contribution in [2.75, 3.05) is 19.7 Å². The molecule has 1 fully saturated rings. The van der Waals surface area contributed by atoms with E-state index < -0.39 is 34.0 Å². The van der Waals surface area contributed by atoms with Crippen LogP contribution >= 0.6 is 0 Å². The Morgan fingerprint density at radius 3 is 2.62 bits per heavy atom. The second kappa shape index (κ2) is 7.24. The Morgan fingerprint density at radius 2 is 2.00 bits per heavy atom. The Labute approximate surface area is 151 Å². The lowest BCUT2D eigenvalue weighted by Gasteiger charge is -2.29. The lowest BCUT2D eigenvalue weighted by atomic mass is 9.99. The smallest absolute Gasteiger partial charge is 0.347 e. The fraction of sp³-hybridized carbons (Fsp3) is 0.529. The minimum atomic E-state index is -3.71. The molecule has 2 heterocycles. The summed E-state index contributed by atoms with van der Waals surface area (Å²) in [6.45, 7) is 2.32. The molecular formula is C17H21NO7S. The highest BCUT2D eigenvalue weighted by atomic mass is 32.2. The quantitative estimate of drug-likeness (QED) is 0.756. The van der Waals surface area contributed by atoms with Gasteiger partial charge in [0.25, 0.3) is 0 Å². The number of hydrogen-bond acceptors (Lipinski definition) is 6. The monoisotopic (exact) mass is 383 g/mol. The van der Waals surface area contributed by atoms with Crippen LogP contribution in [0.25, 0.3) is 0 Å². The molecule has 26 heavy (non-hydrogen) atoms. The molecule has 0 spiro atoms. The average Bonchev–Trinajstić information content (AvgIpc) is 3.05. The summed E-state index contributed by atoms with van der Waals surface area (Å²) in [5.41, 5.74) is 0.643. The third kappa shape index (κ3) is 3.54. The molecule has 2 aliphatic rings. The summed E-state index contributed by atoms with van der Waals surface area (Å²) in [5.74, 6) is -1.38. The van der Waals surface area contributed by atoms with Crippen molar-refractivity contribution in [1.29, 1.82) is 0 Å². The molecule has 1 aromatic carbocycles. The van der Waals surface area contributed by atoms with Crippen molar-refractivity contribution < 1.29 is 32.6 Å². The maximum atomic E-state index is 12.8. The number of benzene rings is 1. The fourth-order valence-corrected chi connectivity index (χ4v) is 4.77. The number of fused-ring (bicyclic) bond motifs is 1. The standard InChI is InChI=1S/C17H21NO7S/c1-2-24-17(21)15-10-12-9-13(3-4-14(12)25-15)26(22,23)18-7-5-11(6-8-18)16(19)20/h3-4,9,11,15H,2,5-8,10H2,1H3,(H,19,20). The summed E-state index contributed by atoms with van der Waals surface area (Å²) in [6, 6.07) is 4.52. The average molecular weight is 383 g/mol. The Bertz CT molecular complexity index is 812. The highest BCUT2D eigenvalue weighted by Crippen LogP contribution is 2.33. The number of sulfonamides is 1. The van der Waals surface area contributed by atoms with Gasteiger partial charge in [0.05, 0.1) is 17.4 Å². The van der Waals surface area contributed by atoms with Gasteiger partial charge in [0.2, 0.25) is 10.0 Å². The first-order valence-electron chi connectivity index (χ1n) is 8.52. The van der Waals surface area contributed by atoms with Gasteiger partial charge in [0.1, 0.15) is 5.75 Å². The molecule has 0 saturated carbocycles. The number of ether oxygens (including phenoxy) is 2. The molecule has 9 heteroatoms. The van der Waals surface area contributed by atoms with Crippen molar-refractivity contribution in [3.05, 3.63) is 23.8 Å². The number of carbonyl (C=O) groups is 2. The predicted molar refractivity (Wildman–Crippen MR) is 90.3 cm³/mol. The molecule has 1 atom stereocenters. The molecule has 1 unspecified atom stereocenters. The van der Waals surface area contributed by atoms with E-state index in [-0.39, 0.29) is 31.0 Å². The molecule has 1 aromatic rings. The molecule has 3 rings (SSSR count). The molecule has 142 valence electrons. The van der Waals surface area contributed by atoms with Gasteiger partial charge in [-0.25, -0.2) is 13.2 Å². The van der Waals surface area contributed by atoms with Crippen molar-refractivity contribution in [2.24, 2.45) is 5.92 Å². The summed E-state index contributed by atoms with van der Waals surface area (Å²) in [6.07, 6.45) is 0.105. The zero-order valence-corrected chi connectivity index (χ0v) is 15.2. The molecule has 0 bridgehead atoms. The minimum Gasteiger partial charge on any atom is -0.481 e. The summed E-state index contributed by atoms with van der Waals surface area (Å²) in [5, 5.41) is 9.04. The predicted octanol–water partition coefficient (Wildman–Crippen LogP) is 1.04. The van der Waals surface area contributed by atoms with Crippen LogP contribution in [-0.2, 0) is 30.8 Å². The van der Waals surface area contributed by atoms with E-state index >= 15 is 0 Å². The second-order valence-corrected chi connectivity index (χ2v) is 8.29. The summed E-state index contributed by atoms with van der Waals surface area (Å²) in [7, 11) is -3.71. The van der Waals surface area contributed by atoms with Gasteiger partial charge in [-0.3, -0.25) is 4.79 Å². The first-order valence-corrected chi connectivity index (χ1v) is 9.96. The van der Waals surface area contributed by atoms with Gasteiger partial charge in [-0.15, -0.1) is 0 Å². The Balaban J connectivity index is 1.74. The molecule has 0 radical (unpaired) electrons. The van der Waals surface area contributed by atoms with Crippen LogP contribution in [-0.4, -0.2) is 55.6 Å². The van der Waals surface area contributed by atoms with Crippen LogP contribution in [0.15, 0.2) is 23.1 Å². The number of carboxylic acids is 1. The van der Waals surface area contributed by atoms with Crippen molar-refractivity contribution in [1.82, 2.24) is 4.31 Å².